The first-order valence-corrected chi connectivity index (χ1v) is 4.92. The van der Waals surface area contributed by atoms with Crippen molar-refractivity contribution in [1.82, 2.24) is 0 Å². The molecular weight excluding hydrogens is 168 g/mol. The van der Waals surface area contributed by atoms with Gasteiger partial charge < -0.3 is 9.47 Å². The van der Waals surface area contributed by atoms with E-state index < -0.39 is 0 Å². The first kappa shape index (κ1) is 12.4. The molecule has 0 radical (unpaired) electrons. The van der Waals surface area contributed by atoms with Crippen LogP contribution in [0.4, 0.5) is 0 Å². The molecule has 0 amide bonds. The van der Waals surface area contributed by atoms with Crippen LogP contribution < -0.4 is 0 Å². The van der Waals surface area contributed by atoms with Gasteiger partial charge >= 0.3 is 5.97 Å². The molecule has 0 unspecified atom stereocenters. The van der Waals surface area contributed by atoms with Crippen LogP contribution in [0, 0.1) is 5.92 Å². The van der Waals surface area contributed by atoms with Crippen molar-refractivity contribution in [2.24, 2.45) is 5.92 Å². The molecule has 13 heavy (non-hydrogen) atoms. The maximum Gasteiger partial charge on any atom is 0.308 e. The molecule has 1 aliphatic heterocycles. The van der Waals surface area contributed by atoms with Gasteiger partial charge in [-0.25, -0.2) is 0 Å². The minimum absolute atomic E-state index is 0.00921. The van der Waals surface area contributed by atoms with E-state index in [4.69, 9.17) is 4.74 Å². The molecule has 78 valence electrons. The quantitative estimate of drug-likeness (QED) is 0.622. The van der Waals surface area contributed by atoms with Crippen LogP contribution in [0.3, 0.4) is 0 Å². The predicted octanol–water partition coefficient (Wildman–Crippen LogP) is 2.00. The lowest BCUT2D eigenvalue weighted by atomic mass is 10.2. The Bertz CT molecular complexity index is 121. The molecule has 1 rings (SSSR count). The van der Waals surface area contributed by atoms with E-state index in [1.54, 1.807) is 6.92 Å². The Hall–Kier alpha value is -0.570. The molecule has 0 saturated carbocycles. The highest BCUT2D eigenvalue weighted by atomic mass is 16.5. The van der Waals surface area contributed by atoms with Gasteiger partial charge in [0.1, 0.15) is 0 Å². The molecule has 0 N–H and O–H groups in total. The molecule has 1 saturated heterocycles. The molecule has 0 spiro atoms. The van der Waals surface area contributed by atoms with Gasteiger partial charge in [-0.3, -0.25) is 4.79 Å². The minimum Gasteiger partial charge on any atom is -0.466 e. The van der Waals surface area contributed by atoms with Crippen molar-refractivity contribution in [3.8, 4) is 0 Å². The summed E-state index contributed by atoms with van der Waals surface area (Å²) in [4.78, 5) is 10.5. The Kier molecular flexibility index (Phi) is 7.69. The van der Waals surface area contributed by atoms with Crippen LogP contribution in [0.5, 0.6) is 0 Å². The molecule has 3 heteroatoms. The summed E-state index contributed by atoms with van der Waals surface area (Å²) in [5.74, 6) is -0.109. The van der Waals surface area contributed by atoms with Crippen molar-refractivity contribution in [2.45, 2.75) is 33.6 Å². The number of hydrogen-bond donors (Lipinski definition) is 0. The Morgan fingerprint density at radius 2 is 1.92 bits per heavy atom. The van der Waals surface area contributed by atoms with E-state index in [0.29, 0.717) is 6.61 Å². The number of ether oxygens (including phenoxy) is 2. The van der Waals surface area contributed by atoms with Crippen molar-refractivity contribution in [3.63, 3.8) is 0 Å². The van der Waals surface area contributed by atoms with Gasteiger partial charge in [0.25, 0.3) is 0 Å². The Balaban J connectivity index is 0.000000243. The van der Waals surface area contributed by atoms with Gasteiger partial charge in [-0.2, -0.15) is 0 Å². The fourth-order valence-corrected chi connectivity index (χ4v) is 0.819. The molecule has 0 atom stereocenters. The van der Waals surface area contributed by atoms with Crippen molar-refractivity contribution in [3.05, 3.63) is 0 Å². The predicted molar refractivity (Wildman–Crippen MR) is 51.5 cm³/mol. The van der Waals surface area contributed by atoms with Crippen molar-refractivity contribution in [1.29, 1.82) is 0 Å². The Morgan fingerprint density at radius 3 is 2.08 bits per heavy atom. The zero-order chi connectivity index (χ0) is 10.1. The second-order valence-electron chi connectivity index (χ2n) is 3.23. The number of carbonyl (C=O) groups is 1. The van der Waals surface area contributed by atoms with Crippen LogP contribution >= 0.6 is 0 Å². The average molecular weight is 188 g/mol. The number of rotatable bonds is 2. The third-order valence-corrected chi connectivity index (χ3v) is 1.59. The Morgan fingerprint density at radius 1 is 1.38 bits per heavy atom. The molecule has 0 aromatic heterocycles. The number of carbonyl (C=O) groups excluding carboxylic acids is 1. The van der Waals surface area contributed by atoms with Gasteiger partial charge in [-0.05, 0) is 19.8 Å². The third kappa shape index (κ3) is 7.78. The minimum atomic E-state index is -0.118. The van der Waals surface area contributed by atoms with E-state index in [2.05, 4.69) is 4.74 Å². The first-order chi connectivity index (χ1) is 6.18. The molecular formula is C10H20O3. The van der Waals surface area contributed by atoms with E-state index in [0.717, 1.165) is 13.2 Å². The van der Waals surface area contributed by atoms with Gasteiger partial charge in [0.05, 0.1) is 12.5 Å². The molecule has 3 nitrogen and oxygen atoms in total. The standard InChI is InChI=1S/C6H12O2.C4H8O/c1-4-8-6(7)5(2)3;1-2-4-5-3-1/h5H,4H2,1-3H3;1-4H2. The summed E-state index contributed by atoms with van der Waals surface area (Å²) < 4.78 is 9.61. The van der Waals surface area contributed by atoms with Crippen molar-refractivity contribution >= 4 is 5.97 Å². The summed E-state index contributed by atoms with van der Waals surface area (Å²) in [6.07, 6.45) is 2.56. The molecule has 0 aromatic carbocycles. The summed E-state index contributed by atoms with van der Waals surface area (Å²) in [6, 6.07) is 0. The van der Waals surface area contributed by atoms with Crippen LogP contribution in [-0.4, -0.2) is 25.8 Å². The van der Waals surface area contributed by atoms with Crippen LogP contribution in [-0.2, 0) is 14.3 Å². The molecule has 1 aliphatic rings. The lowest BCUT2D eigenvalue weighted by Crippen LogP contribution is -2.10. The van der Waals surface area contributed by atoms with Crippen LogP contribution in [0.25, 0.3) is 0 Å². The summed E-state index contributed by atoms with van der Waals surface area (Å²) in [7, 11) is 0. The lowest BCUT2D eigenvalue weighted by Gasteiger charge is -2.01. The highest BCUT2D eigenvalue weighted by molar-refractivity contribution is 5.71. The van der Waals surface area contributed by atoms with Crippen LogP contribution in [0.2, 0.25) is 0 Å². The second kappa shape index (κ2) is 8.05. The zero-order valence-corrected chi connectivity index (χ0v) is 8.84. The van der Waals surface area contributed by atoms with Gasteiger partial charge in [0.2, 0.25) is 0 Å². The number of hydrogen-bond acceptors (Lipinski definition) is 3. The van der Waals surface area contributed by atoms with E-state index in [1.165, 1.54) is 12.8 Å². The van der Waals surface area contributed by atoms with Gasteiger partial charge in [-0.15, -0.1) is 0 Å². The van der Waals surface area contributed by atoms with Gasteiger partial charge in [-0.1, -0.05) is 13.8 Å². The first-order valence-electron chi connectivity index (χ1n) is 4.92. The normalized spacial score (nSPS) is 15.1. The van der Waals surface area contributed by atoms with E-state index >= 15 is 0 Å². The van der Waals surface area contributed by atoms with E-state index in [9.17, 15) is 4.79 Å². The third-order valence-electron chi connectivity index (χ3n) is 1.59. The van der Waals surface area contributed by atoms with Crippen LogP contribution in [0.15, 0.2) is 0 Å². The zero-order valence-electron chi connectivity index (χ0n) is 8.84. The van der Waals surface area contributed by atoms with Crippen molar-refractivity contribution < 1.29 is 14.3 Å². The summed E-state index contributed by atoms with van der Waals surface area (Å²) >= 11 is 0. The number of esters is 1. The topological polar surface area (TPSA) is 35.5 Å². The van der Waals surface area contributed by atoms with Gasteiger partial charge in [0.15, 0.2) is 0 Å². The fraction of sp³-hybridized carbons (Fsp3) is 0.900. The lowest BCUT2D eigenvalue weighted by molar-refractivity contribution is -0.146. The smallest absolute Gasteiger partial charge is 0.308 e. The summed E-state index contributed by atoms with van der Waals surface area (Å²) in [5, 5.41) is 0. The maximum atomic E-state index is 10.5. The summed E-state index contributed by atoms with van der Waals surface area (Å²) in [5.41, 5.74) is 0. The highest BCUT2D eigenvalue weighted by Gasteiger charge is 2.04. The SMILES string of the molecule is C1CCOC1.CCOC(=O)C(C)C. The van der Waals surface area contributed by atoms with Crippen LogP contribution in [0.1, 0.15) is 33.6 Å². The molecule has 0 aromatic rings. The average Bonchev–Trinajstić information content (AvgIpc) is 2.61. The van der Waals surface area contributed by atoms with E-state index in [1.807, 2.05) is 13.8 Å². The molecule has 1 fully saturated rings. The summed E-state index contributed by atoms with van der Waals surface area (Å²) in [6.45, 7) is 7.92. The van der Waals surface area contributed by atoms with Crippen molar-refractivity contribution in [2.75, 3.05) is 19.8 Å². The highest BCUT2D eigenvalue weighted by Crippen LogP contribution is 1.98. The van der Waals surface area contributed by atoms with Gasteiger partial charge in [0, 0.05) is 13.2 Å². The molecule has 0 aliphatic carbocycles. The molecule has 1 heterocycles. The monoisotopic (exact) mass is 188 g/mol. The Labute approximate surface area is 80.4 Å². The largest absolute Gasteiger partial charge is 0.466 e. The second-order valence-corrected chi connectivity index (χ2v) is 3.23. The fourth-order valence-electron chi connectivity index (χ4n) is 0.819. The van der Waals surface area contributed by atoms with E-state index in [-0.39, 0.29) is 11.9 Å². The molecule has 0 bridgehead atoms. The maximum absolute atomic E-state index is 10.5.